The molecule has 2 atom stereocenters. The lowest BCUT2D eigenvalue weighted by Gasteiger charge is -2.34. The minimum atomic E-state index is -0.573. The SMILES string of the molecule is C=C1Nc2nc3ccccc3n2[C@H](c2ccco2)[C@H]1C(=O)Nc1ccccc1. The highest BCUT2D eigenvalue weighted by Crippen LogP contribution is 2.41. The van der Waals surface area contributed by atoms with Crippen molar-refractivity contribution in [1.82, 2.24) is 9.55 Å². The standard InChI is InChI=1S/C22H18N4O2/c1-14-19(21(27)24-15-8-3-2-4-9-15)20(18-12-7-13-28-18)26-17-11-6-5-10-16(17)25-22(26)23-14/h2-13,19-20H,1H2,(H,23,25)(H,24,27)/t19-,20+/m0/s1. The Balaban J connectivity index is 1.64. The van der Waals surface area contributed by atoms with E-state index in [1.165, 1.54) is 0 Å². The molecule has 0 aliphatic carbocycles. The first kappa shape index (κ1) is 16.4. The number of amides is 1. The second-order valence-electron chi connectivity index (χ2n) is 6.74. The van der Waals surface area contributed by atoms with Crippen LogP contribution in [0.3, 0.4) is 0 Å². The van der Waals surface area contributed by atoms with Gasteiger partial charge in [-0.3, -0.25) is 9.36 Å². The molecule has 2 N–H and O–H groups in total. The number of anilines is 2. The molecule has 4 aromatic rings. The number of hydrogen-bond acceptors (Lipinski definition) is 4. The summed E-state index contributed by atoms with van der Waals surface area (Å²) in [4.78, 5) is 17.9. The van der Waals surface area contributed by atoms with Gasteiger partial charge in [0.25, 0.3) is 0 Å². The zero-order chi connectivity index (χ0) is 19.1. The average molecular weight is 370 g/mol. The second-order valence-corrected chi connectivity index (χ2v) is 6.74. The van der Waals surface area contributed by atoms with Gasteiger partial charge in [0, 0.05) is 11.4 Å². The molecule has 1 aliphatic heterocycles. The number of fused-ring (bicyclic) bond motifs is 3. The van der Waals surface area contributed by atoms with Gasteiger partial charge >= 0.3 is 0 Å². The molecule has 6 nitrogen and oxygen atoms in total. The smallest absolute Gasteiger partial charge is 0.236 e. The Labute approximate surface area is 161 Å². The first-order valence-corrected chi connectivity index (χ1v) is 9.04. The number of benzene rings is 2. The molecule has 6 heteroatoms. The van der Waals surface area contributed by atoms with Gasteiger partial charge in [0.1, 0.15) is 17.7 Å². The summed E-state index contributed by atoms with van der Waals surface area (Å²) in [6, 6.07) is 20.5. The molecule has 0 unspecified atom stereocenters. The lowest BCUT2D eigenvalue weighted by molar-refractivity contribution is -0.119. The second kappa shape index (κ2) is 6.42. The lowest BCUT2D eigenvalue weighted by atomic mass is 9.91. The Morgan fingerprint density at radius 1 is 1.07 bits per heavy atom. The van der Waals surface area contributed by atoms with Crippen LogP contribution in [0.2, 0.25) is 0 Å². The molecule has 28 heavy (non-hydrogen) atoms. The van der Waals surface area contributed by atoms with E-state index in [-0.39, 0.29) is 5.91 Å². The van der Waals surface area contributed by atoms with Crippen LogP contribution in [-0.2, 0) is 4.79 Å². The van der Waals surface area contributed by atoms with E-state index in [1.807, 2.05) is 71.3 Å². The van der Waals surface area contributed by atoms with Crippen molar-refractivity contribution in [2.24, 2.45) is 5.92 Å². The van der Waals surface area contributed by atoms with Crippen LogP contribution in [0, 0.1) is 5.92 Å². The maximum absolute atomic E-state index is 13.3. The third-order valence-electron chi connectivity index (χ3n) is 5.00. The monoisotopic (exact) mass is 370 g/mol. The van der Waals surface area contributed by atoms with Crippen molar-refractivity contribution in [2.45, 2.75) is 6.04 Å². The van der Waals surface area contributed by atoms with Crippen molar-refractivity contribution >= 4 is 28.6 Å². The van der Waals surface area contributed by atoms with Crippen molar-refractivity contribution < 1.29 is 9.21 Å². The molecule has 0 bridgehead atoms. The van der Waals surface area contributed by atoms with E-state index in [2.05, 4.69) is 22.2 Å². The van der Waals surface area contributed by atoms with Gasteiger partial charge in [-0.2, -0.15) is 0 Å². The number of aromatic nitrogens is 2. The number of imidazole rings is 1. The topological polar surface area (TPSA) is 72.1 Å². The van der Waals surface area contributed by atoms with E-state index >= 15 is 0 Å². The fourth-order valence-corrected chi connectivity index (χ4v) is 3.77. The summed E-state index contributed by atoms with van der Waals surface area (Å²) in [6.45, 7) is 4.12. The number of para-hydroxylation sites is 3. The molecule has 5 rings (SSSR count). The van der Waals surface area contributed by atoms with Gasteiger partial charge in [-0.05, 0) is 36.4 Å². The van der Waals surface area contributed by atoms with Crippen LogP contribution in [0.15, 0.2) is 89.7 Å². The van der Waals surface area contributed by atoms with Gasteiger partial charge in [-0.1, -0.05) is 36.9 Å². The van der Waals surface area contributed by atoms with Gasteiger partial charge in [0.2, 0.25) is 11.9 Å². The highest BCUT2D eigenvalue weighted by atomic mass is 16.3. The Bertz CT molecular complexity index is 1160. The maximum Gasteiger partial charge on any atom is 0.236 e. The summed E-state index contributed by atoms with van der Waals surface area (Å²) < 4.78 is 7.74. The Hall–Kier alpha value is -3.80. The number of carbonyl (C=O) groups excluding carboxylic acids is 1. The number of nitrogens with zero attached hydrogens (tertiary/aromatic N) is 2. The number of carbonyl (C=O) groups is 1. The van der Waals surface area contributed by atoms with Crippen molar-refractivity contribution in [1.29, 1.82) is 0 Å². The molecule has 2 aromatic heterocycles. The predicted octanol–water partition coefficient (Wildman–Crippen LogP) is 4.41. The molecular weight excluding hydrogens is 352 g/mol. The highest BCUT2D eigenvalue weighted by Gasteiger charge is 2.41. The molecule has 3 heterocycles. The van der Waals surface area contributed by atoms with Gasteiger partial charge < -0.3 is 15.1 Å². The van der Waals surface area contributed by atoms with Crippen LogP contribution in [0.5, 0.6) is 0 Å². The summed E-state index contributed by atoms with van der Waals surface area (Å²) >= 11 is 0. The van der Waals surface area contributed by atoms with Crippen LogP contribution in [0.1, 0.15) is 11.8 Å². The minimum absolute atomic E-state index is 0.159. The summed E-state index contributed by atoms with van der Waals surface area (Å²) in [5, 5.41) is 6.20. The Morgan fingerprint density at radius 2 is 1.86 bits per heavy atom. The summed E-state index contributed by atoms with van der Waals surface area (Å²) in [5.74, 6) is 0.599. The van der Waals surface area contributed by atoms with Crippen LogP contribution in [-0.4, -0.2) is 15.5 Å². The minimum Gasteiger partial charge on any atom is -0.467 e. The van der Waals surface area contributed by atoms with E-state index in [0.29, 0.717) is 17.4 Å². The Kier molecular flexibility index (Phi) is 3.76. The number of hydrogen-bond donors (Lipinski definition) is 2. The van der Waals surface area contributed by atoms with E-state index in [1.54, 1.807) is 6.26 Å². The van der Waals surface area contributed by atoms with Gasteiger partial charge in [0.15, 0.2) is 0 Å². The zero-order valence-corrected chi connectivity index (χ0v) is 15.0. The van der Waals surface area contributed by atoms with E-state index in [9.17, 15) is 4.79 Å². The summed E-state index contributed by atoms with van der Waals surface area (Å²) in [5.41, 5.74) is 3.09. The molecule has 1 amide bonds. The van der Waals surface area contributed by atoms with Crippen molar-refractivity contribution in [3.8, 4) is 0 Å². The molecule has 0 saturated heterocycles. The number of rotatable bonds is 3. The van der Waals surface area contributed by atoms with Gasteiger partial charge in [-0.25, -0.2) is 4.98 Å². The zero-order valence-electron chi connectivity index (χ0n) is 15.0. The maximum atomic E-state index is 13.3. The van der Waals surface area contributed by atoms with Crippen LogP contribution >= 0.6 is 0 Å². The molecule has 0 spiro atoms. The predicted molar refractivity (Wildman–Crippen MR) is 108 cm³/mol. The largest absolute Gasteiger partial charge is 0.467 e. The van der Waals surface area contributed by atoms with Crippen LogP contribution in [0.4, 0.5) is 11.6 Å². The van der Waals surface area contributed by atoms with E-state index in [0.717, 1.165) is 16.7 Å². The van der Waals surface area contributed by atoms with E-state index < -0.39 is 12.0 Å². The molecule has 2 aromatic carbocycles. The van der Waals surface area contributed by atoms with Crippen molar-refractivity contribution in [3.05, 3.63) is 91.0 Å². The van der Waals surface area contributed by atoms with Gasteiger partial charge in [0.05, 0.1) is 17.3 Å². The van der Waals surface area contributed by atoms with E-state index in [4.69, 9.17) is 4.42 Å². The normalized spacial score (nSPS) is 18.5. The Morgan fingerprint density at radius 3 is 2.64 bits per heavy atom. The van der Waals surface area contributed by atoms with Crippen LogP contribution < -0.4 is 10.6 Å². The highest BCUT2D eigenvalue weighted by molar-refractivity contribution is 5.96. The fourth-order valence-electron chi connectivity index (χ4n) is 3.77. The summed E-state index contributed by atoms with van der Waals surface area (Å²) in [7, 11) is 0. The molecule has 0 radical (unpaired) electrons. The molecule has 0 saturated carbocycles. The van der Waals surface area contributed by atoms with Crippen molar-refractivity contribution in [2.75, 3.05) is 10.6 Å². The van der Waals surface area contributed by atoms with Crippen LogP contribution in [0.25, 0.3) is 11.0 Å². The first-order chi connectivity index (χ1) is 13.7. The molecular formula is C22H18N4O2. The first-order valence-electron chi connectivity index (χ1n) is 9.04. The number of furan rings is 1. The third kappa shape index (κ3) is 2.58. The average Bonchev–Trinajstić information content (AvgIpc) is 3.35. The summed E-state index contributed by atoms with van der Waals surface area (Å²) in [6.07, 6.45) is 1.62. The molecule has 0 fully saturated rings. The lowest BCUT2D eigenvalue weighted by Crippen LogP contribution is -2.39. The quantitative estimate of drug-likeness (QED) is 0.560. The molecule has 138 valence electrons. The molecule has 1 aliphatic rings. The fraction of sp³-hybridized carbons (Fsp3) is 0.0909. The van der Waals surface area contributed by atoms with Crippen molar-refractivity contribution in [3.63, 3.8) is 0 Å². The number of nitrogens with one attached hydrogen (secondary N) is 2. The van der Waals surface area contributed by atoms with Gasteiger partial charge in [-0.15, -0.1) is 0 Å². The third-order valence-corrected chi connectivity index (χ3v) is 5.00.